The van der Waals surface area contributed by atoms with Crippen LogP contribution in [0.15, 0.2) is 18.2 Å². The molecule has 0 aliphatic heterocycles. The molecule has 1 aromatic carbocycles. The van der Waals surface area contributed by atoms with Crippen LogP contribution in [-0.4, -0.2) is 18.5 Å². The van der Waals surface area contributed by atoms with E-state index in [9.17, 15) is 4.79 Å². The number of hydrogen-bond donors (Lipinski definition) is 2. The smallest absolute Gasteiger partial charge is 0.251 e. The van der Waals surface area contributed by atoms with Gasteiger partial charge in [0.15, 0.2) is 0 Å². The van der Waals surface area contributed by atoms with Gasteiger partial charge in [-0.2, -0.15) is 0 Å². The normalized spacial score (nSPS) is 12.6. The summed E-state index contributed by atoms with van der Waals surface area (Å²) in [6.07, 6.45) is 0. The van der Waals surface area contributed by atoms with Gasteiger partial charge in [-0.1, -0.05) is 25.4 Å². The maximum Gasteiger partial charge on any atom is 0.251 e. The van der Waals surface area contributed by atoms with Gasteiger partial charge in [0.25, 0.3) is 5.91 Å². The van der Waals surface area contributed by atoms with Crippen LogP contribution in [0.25, 0.3) is 0 Å². The minimum atomic E-state index is -0.110. The van der Waals surface area contributed by atoms with E-state index in [1.54, 1.807) is 18.2 Å². The number of hydrogen-bond acceptors (Lipinski definition) is 2. The van der Waals surface area contributed by atoms with Gasteiger partial charge < -0.3 is 11.1 Å². The van der Waals surface area contributed by atoms with Crippen LogP contribution < -0.4 is 11.1 Å². The predicted octanol–water partition coefficient (Wildman–Crippen LogP) is 2.36. The average Bonchev–Trinajstić information content (AvgIpc) is 2.28. The number of nitrogens with two attached hydrogens (primary N) is 1. The Balaban J connectivity index is 2.61. The lowest BCUT2D eigenvalue weighted by Gasteiger charge is -2.16. The van der Waals surface area contributed by atoms with Crippen molar-refractivity contribution in [3.05, 3.63) is 34.3 Å². The standard InChI is InChI=1S/C13H19ClN2O/c1-8(2)12(15)7-16-13(17)10-4-5-11(14)9(3)6-10/h4-6,8,12H,7,15H2,1-3H3,(H,16,17). The fraction of sp³-hybridized carbons (Fsp3) is 0.462. The molecule has 0 aliphatic carbocycles. The molecule has 0 saturated heterocycles. The van der Waals surface area contributed by atoms with Crippen LogP contribution in [0.3, 0.4) is 0 Å². The number of carbonyl (C=O) groups is 1. The number of halogens is 1. The first-order valence-electron chi connectivity index (χ1n) is 5.71. The van der Waals surface area contributed by atoms with Crippen molar-refractivity contribution in [3.8, 4) is 0 Å². The second-order valence-electron chi connectivity index (χ2n) is 4.58. The molecule has 4 heteroatoms. The van der Waals surface area contributed by atoms with Crippen molar-refractivity contribution in [2.75, 3.05) is 6.54 Å². The topological polar surface area (TPSA) is 55.1 Å². The summed E-state index contributed by atoms with van der Waals surface area (Å²) in [4.78, 5) is 11.8. The fourth-order valence-corrected chi connectivity index (χ4v) is 1.45. The van der Waals surface area contributed by atoms with Gasteiger partial charge >= 0.3 is 0 Å². The molecule has 1 aromatic rings. The molecule has 3 nitrogen and oxygen atoms in total. The van der Waals surface area contributed by atoms with Crippen LogP contribution in [0, 0.1) is 12.8 Å². The second-order valence-corrected chi connectivity index (χ2v) is 4.99. The van der Waals surface area contributed by atoms with Crippen LogP contribution >= 0.6 is 11.6 Å². The first-order chi connectivity index (χ1) is 7.91. The third-order valence-electron chi connectivity index (χ3n) is 2.77. The van der Waals surface area contributed by atoms with Crippen LogP contribution in [-0.2, 0) is 0 Å². The van der Waals surface area contributed by atoms with Gasteiger partial charge in [-0.3, -0.25) is 4.79 Å². The zero-order valence-corrected chi connectivity index (χ0v) is 11.2. The summed E-state index contributed by atoms with van der Waals surface area (Å²) in [6.45, 7) is 6.42. The van der Waals surface area contributed by atoms with Crippen molar-refractivity contribution in [3.63, 3.8) is 0 Å². The Kier molecular flexibility index (Phi) is 4.97. The van der Waals surface area contributed by atoms with E-state index in [0.717, 1.165) is 5.56 Å². The molecule has 1 atom stereocenters. The van der Waals surface area contributed by atoms with Crippen molar-refractivity contribution in [1.29, 1.82) is 0 Å². The van der Waals surface area contributed by atoms with E-state index < -0.39 is 0 Å². The molecular formula is C13H19ClN2O. The van der Waals surface area contributed by atoms with Gasteiger partial charge in [0.2, 0.25) is 0 Å². The Bertz CT molecular complexity index is 404. The van der Waals surface area contributed by atoms with Crippen LogP contribution in [0.4, 0.5) is 0 Å². The van der Waals surface area contributed by atoms with Crippen molar-refractivity contribution in [1.82, 2.24) is 5.32 Å². The average molecular weight is 255 g/mol. The lowest BCUT2D eigenvalue weighted by Crippen LogP contribution is -2.40. The molecule has 3 N–H and O–H groups in total. The molecular weight excluding hydrogens is 236 g/mol. The van der Waals surface area contributed by atoms with Crippen LogP contribution in [0.1, 0.15) is 29.8 Å². The third kappa shape index (κ3) is 4.02. The number of amides is 1. The molecule has 0 bridgehead atoms. The molecule has 0 aliphatic rings. The highest BCUT2D eigenvalue weighted by molar-refractivity contribution is 6.31. The minimum Gasteiger partial charge on any atom is -0.350 e. The Morgan fingerprint density at radius 1 is 1.47 bits per heavy atom. The summed E-state index contributed by atoms with van der Waals surface area (Å²) in [5, 5.41) is 3.49. The highest BCUT2D eigenvalue weighted by Crippen LogP contribution is 2.16. The molecule has 17 heavy (non-hydrogen) atoms. The first-order valence-corrected chi connectivity index (χ1v) is 6.09. The third-order valence-corrected chi connectivity index (χ3v) is 3.20. The largest absolute Gasteiger partial charge is 0.350 e. The van der Waals surface area contributed by atoms with E-state index in [1.165, 1.54) is 0 Å². The predicted molar refractivity (Wildman–Crippen MR) is 71.3 cm³/mol. The van der Waals surface area contributed by atoms with Crippen molar-refractivity contribution in [2.45, 2.75) is 26.8 Å². The highest BCUT2D eigenvalue weighted by atomic mass is 35.5. The number of aryl methyl sites for hydroxylation is 1. The van der Waals surface area contributed by atoms with Gasteiger partial charge in [-0.25, -0.2) is 0 Å². The van der Waals surface area contributed by atoms with Crippen LogP contribution in [0.2, 0.25) is 5.02 Å². The van der Waals surface area contributed by atoms with Crippen molar-refractivity contribution >= 4 is 17.5 Å². The fourth-order valence-electron chi connectivity index (χ4n) is 1.33. The van der Waals surface area contributed by atoms with E-state index in [0.29, 0.717) is 23.0 Å². The Morgan fingerprint density at radius 2 is 2.12 bits per heavy atom. The van der Waals surface area contributed by atoms with Gasteiger partial charge in [-0.05, 0) is 36.6 Å². The molecule has 1 amide bonds. The van der Waals surface area contributed by atoms with Gasteiger partial charge in [0.05, 0.1) is 0 Å². The quantitative estimate of drug-likeness (QED) is 0.867. The van der Waals surface area contributed by atoms with Gasteiger partial charge in [0, 0.05) is 23.2 Å². The Labute approximate surface area is 107 Å². The zero-order chi connectivity index (χ0) is 13.0. The summed E-state index contributed by atoms with van der Waals surface area (Å²) in [6, 6.07) is 5.20. The van der Waals surface area contributed by atoms with Gasteiger partial charge in [0.1, 0.15) is 0 Å². The van der Waals surface area contributed by atoms with Crippen molar-refractivity contribution in [2.24, 2.45) is 11.7 Å². The van der Waals surface area contributed by atoms with Crippen molar-refractivity contribution < 1.29 is 4.79 Å². The number of nitrogens with one attached hydrogen (secondary N) is 1. The molecule has 1 rings (SSSR count). The summed E-state index contributed by atoms with van der Waals surface area (Å²) < 4.78 is 0. The highest BCUT2D eigenvalue weighted by Gasteiger charge is 2.11. The molecule has 1 unspecified atom stereocenters. The van der Waals surface area contributed by atoms with E-state index in [1.807, 2.05) is 20.8 Å². The van der Waals surface area contributed by atoms with E-state index in [4.69, 9.17) is 17.3 Å². The SMILES string of the molecule is Cc1cc(C(=O)NCC(N)C(C)C)ccc1Cl. The van der Waals surface area contributed by atoms with E-state index in [2.05, 4.69) is 5.32 Å². The molecule has 0 fully saturated rings. The Hall–Kier alpha value is -1.06. The van der Waals surface area contributed by atoms with E-state index >= 15 is 0 Å². The molecule has 94 valence electrons. The number of carbonyl (C=O) groups excluding carboxylic acids is 1. The minimum absolute atomic E-state index is 0.0210. The van der Waals surface area contributed by atoms with Crippen LogP contribution in [0.5, 0.6) is 0 Å². The summed E-state index contributed by atoms with van der Waals surface area (Å²) in [5.74, 6) is 0.239. The zero-order valence-electron chi connectivity index (χ0n) is 10.5. The van der Waals surface area contributed by atoms with E-state index in [-0.39, 0.29) is 11.9 Å². The lowest BCUT2D eigenvalue weighted by atomic mass is 10.1. The molecule has 0 spiro atoms. The number of rotatable bonds is 4. The molecule has 0 saturated carbocycles. The molecule has 0 aromatic heterocycles. The number of benzene rings is 1. The Morgan fingerprint density at radius 3 is 2.65 bits per heavy atom. The summed E-state index contributed by atoms with van der Waals surface area (Å²) in [5.41, 5.74) is 7.37. The monoisotopic (exact) mass is 254 g/mol. The molecule has 0 heterocycles. The lowest BCUT2D eigenvalue weighted by molar-refractivity contribution is 0.0949. The first kappa shape index (κ1) is 14.0. The molecule has 0 radical (unpaired) electrons. The maximum absolute atomic E-state index is 11.8. The van der Waals surface area contributed by atoms with Gasteiger partial charge in [-0.15, -0.1) is 0 Å². The summed E-state index contributed by atoms with van der Waals surface area (Å²) >= 11 is 5.90. The summed E-state index contributed by atoms with van der Waals surface area (Å²) in [7, 11) is 0. The second kappa shape index (κ2) is 6.03. The maximum atomic E-state index is 11.8.